The number of carbonyl (C=O) groups excluding carboxylic acids is 1. The molecule has 1 amide bonds. The Hall–Kier alpha value is -2.61. The Balaban J connectivity index is 2.17. The molecule has 0 aliphatic heterocycles. The van der Waals surface area contributed by atoms with Crippen LogP contribution >= 0.6 is 0 Å². The zero-order valence-corrected chi connectivity index (χ0v) is 13.4. The van der Waals surface area contributed by atoms with Crippen LogP contribution in [0.25, 0.3) is 0 Å². The molecule has 2 aromatic rings. The number of H-pyrrole nitrogens is 1. The van der Waals surface area contributed by atoms with Crippen molar-refractivity contribution in [2.24, 2.45) is 0 Å². The lowest BCUT2D eigenvalue weighted by Gasteiger charge is -2.20. The normalized spacial score (nSPS) is 13.4. The summed E-state index contributed by atoms with van der Waals surface area (Å²) in [6.45, 7) is 4.77. The molecule has 0 fully saturated rings. The van der Waals surface area contributed by atoms with Crippen molar-refractivity contribution in [3.8, 4) is 0 Å². The molecule has 8 heteroatoms. The van der Waals surface area contributed by atoms with Gasteiger partial charge in [0.25, 0.3) is 11.5 Å². The molecular formula is C16H17F2N3O3. The summed E-state index contributed by atoms with van der Waals surface area (Å²) in [5, 5.41) is 12.6. The maximum absolute atomic E-state index is 13.2. The number of aliphatic hydroxyl groups excluding tert-OH is 1. The highest BCUT2D eigenvalue weighted by atomic mass is 19.2. The van der Waals surface area contributed by atoms with Crippen molar-refractivity contribution in [1.82, 2.24) is 15.3 Å². The minimum atomic E-state index is -1.28. The quantitative estimate of drug-likeness (QED) is 0.788. The van der Waals surface area contributed by atoms with Gasteiger partial charge in [0.05, 0.1) is 17.8 Å². The number of carbonyl (C=O) groups is 1. The fourth-order valence-electron chi connectivity index (χ4n) is 2.12. The molecule has 2 atom stereocenters. The van der Waals surface area contributed by atoms with E-state index in [1.54, 1.807) is 13.8 Å². The predicted octanol–water partition coefficient (Wildman–Crippen LogP) is 1.52. The van der Waals surface area contributed by atoms with Crippen molar-refractivity contribution >= 4 is 5.91 Å². The number of rotatable bonds is 4. The third kappa shape index (κ3) is 3.65. The van der Waals surface area contributed by atoms with Gasteiger partial charge in [-0.05, 0) is 38.5 Å². The molecule has 3 N–H and O–H groups in total. The smallest absolute Gasteiger partial charge is 0.279 e. The molecule has 0 saturated heterocycles. The van der Waals surface area contributed by atoms with Gasteiger partial charge in [0.15, 0.2) is 17.3 Å². The number of halogens is 2. The highest BCUT2D eigenvalue weighted by Gasteiger charge is 2.22. The number of hydrogen-bond acceptors (Lipinski definition) is 4. The Bertz CT molecular complexity index is 836. The van der Waals surface area contributed by atoms with Crippen LogP contribution in [0.15, 0.2) is 23.0 Å². The van der Waals surface area contributed by atoms with E-state index < -0.39 is 35.2 Å². The minimum Gasteiger partial charge on any atom is -0.386 e. The molecule has 0 spiro atoms. The second-order valence-corrected chi connectivity index (χ2v) is 5.51. The zero-order valence-electron chi connectivity index (χ0n) is 13.4. The fraction of sp³-hybridized carbons (Fsp3) is 0.312. The van der Waals surface area contributed by atoms with E-state index in [0.717, 1.165) is 12.1 Å². The molecular weight excluding hydrogens is 320 g/mol. The Labute approximate surface area is 136 Å². The van der Waals surface area contributed by atoms with Gasteiger partial charge in [0, 0.05) is 5.69 Å². The minimum absolute atomic E-state index is 0.101. The second kappa shape index (κ2) is 6.88. The van der Waals surface area contributed by atoms with Crippen molar-refractivity contribution in [2.75, 3.05) is 0 Å². The largest absolute Gasteiger partial charge is 0.386 e. The highest BCUT2D eigenvalue weighted by molar-refractivity contribution is 5.92. The van der Waals surface area contributed by atoms with E-state index >= 15 is 0 Å². The monoisotopic (exact) mass is 337 g/mol. The van der Waals surface area contributed by atoms with Gasteiger partial charge in [-0.2, -0.15) is 0 Å². The Morgan fingerprint density at radius 1 is 1.29 bits per heavy atom. The van der Waals surface area contributed by atoms with Gasteiger partial charge in [-0.15, -0.1) is 0 Å². The first-order chi connectivity index (χ1) is 11.2. The molecule has 24 heavy (non-hydrogen) atoms. The number of aromatic nitrogens is 2. The van der Waals surface area contributed by atoms with Crippen molar-refractivity contribution in [1.29, 1.82) is 0 Å². The van der Waals surface area contributed by atoms with E-state index in [1.807, 2.05) is 0 Å². The maximum Gasteiger partial charge on any atom is 0.279 e. The number of aliphatic hydroxyl groups is 1. The average molecular weight is 337 g/mol. The van der Waals surface area contributed by atoms with Crippen LogP contribution in [0.5, 0.6) is 0 Å². The van der Waals surface area contributed by atoms with E-state index in [-0.39, 0.29) is 11.3 Å². The molecule has 0 saturated carbocycles. The van der Waals surface area contributed by atoms with Crippen LogP contribution in [0, 0.1) is 25.5 Å². The third-order valence-corrected chi connectivity index (χ3v) is 3.67. The van der Waals surface area contributed by atoms with Crippen LogP contribution in [0.2, 0.25) is 0 Å². The fourth-order valence-corrected chi connectivity index (χ4v) is 2.12. The first-order valence-corrected chi connectivity index (χ1v) is 7.22. The van der Waals surface area contributed by atoms with Gasteiger partial charge in [-0.25, -0.2) is 13.8 Å². The van der Waals surface area contributed by atoms with Crippen LogP contribution in [0.4, 0.5) is 8.78 Å². The van der Waals surface area contributed by atoms with Crippen molar-refractivity contribution in [3.05, 3.63) is 62.8 Å². The first kappa shape index (κ1) is 17.7. The standard InChI is InChI=1S/C16H17F2N3O3/c1-7-8(2)20-15(23)13(19-7)16(24)21-9(3)14(22)10-4-5-11(17)12(18)6-10/h4-6,9,14,22H,1-3H3,(H,20,23)(H,21,24). The van der Waals surface area contributed by atoms with E-state index in [1.165, 1.54) is 13.0 Å². The molecule has 2 unspecified atom stereocenters. The van der Waals surface area contributed by atoms with Gasteiger partial charge < -0.3 is 15.4 Å². The van der Waals surface area contributed by atoms with Crippen LogP contribution in [0.3, 0.4) is 0 Å². The van der Waals surface area contributed by atoms with Gasteiger partial charge in [-0.1, -0.05) is 6.07 Å². The lowest BCUT2D eigenvalue weighted by atomic mass is 10.0. The van der Waals surface area contributed by atoms with Gasteiger partial charge >= 0.3 is 0 Å². The van der Waals surface area contributed by atoms with E-state index in [9.17, 15) is 23.5 Å². The summed E-state index contributed by atoms with van der Waals surface area (Å²) in [4.78, 5) is 30.4. The van der Waals surface area contributed by atoms with Crippen LogP contribution in [-0.4, -0.2) is 27.0 Å². The number of hydrogen-bond donors (Lipinski definition) is 3. The number of benzene rings is 1. The SMILES string of the molecule is Cc1nc(C(=O)NC(C)C(O)c2ccc(F)c(F)c2)c(=O)[nH]c1C. The van der Waals surface area contributed by atoms with E-state index in [0.29, 0.717) is 11.4 Å². The summed E-state index contributed by atoms with van der Waals surface area (Å²) in [5.41, 5.74) is 0.163. The lowest BCUT2D eigenvalue weighted by Crippen LogP contribution is -2.40. The van der Waals surface area contributed by atoms with E-state index in [2.05, 4.69) is 15.3 Å². The summed E-state index contributed by atoms with van der Waals surface area (Å²) in [6.07, 6.45) is -1.28. The molecule has 0 bridgehead atoms. The molecule has 1 aromatic heterocycles. The van der Waals surface area contributed by atoms with Gasteiger partial charge in [0.2, 0.25) is 0 Å². The summed E-state index contributed by atoms with van der Waals surface area (Å²) in [5.74, 6) is -2.90. The second-order valence-electron chi connectivity index (χ2n) is 5.51. The first-order valence-electron chi connectivity index (χ1n) is 7.22. The Morgan fingerprint density at radius 3 is 2.58 bits per heavy atom. The highest BCUT2D eigenvalue weighted by Crippen LogP contribution is 2.19. The molecule has 6 nitrogen and oxygen atoms in total. The molecule has 0 aliphatic carbocycles. The number of nitrogens with one attached hydrogen (secondary N) is 2. The summed E-state index contributed by atoms with van der Waals surface area (Å²) in [7, 11) is 0. The summed E-state index contributed by atoms with van der Waals surface area (Å²) >= 11 is 0. The van der Waals surface area contributed by atoms with Gasteiger partial charge in [0.1, 0.15) is 0 Å². The van der Waals surface area contributed by atoms with Crippen LogP contribution < -0.4 is 10.9 Å². The summed E-state index contributed by atoms with van der Waals surface area (Å²) < 4.78 is 26.2. The van der Waals surface area contributed by atoms with Crippen LogP contribution in [0.1, 0.15) is 40.5 Å². The average Bonchev–Trinajstić information content (AvgIpc) is 2.52. The Morgan fingerprint density at radius 2 is 1.96 bits per heavy atom. The number of aryl methyl sites for hydroxylation is 2. The zero-order chi connectivity index (χ0) is 18.0. The number of amides is 1. The predicted molar refractivity (Wildman–Crippen MR) is 82.6 cm³/mol. The molecule has 1 heterocycles. The summed E-state index contributed by atoms with van der Waals surface area (Å²) in [6, 6.07) is 2.10. The molecule has 2 rings (SSSR count). The third-order valence-electron chi connectivity index (χ3n) is 3.67. The number of aromatic amines is 1. The van der Waals surface area contributed by atoms with Crippen molar-refractivity contribution in [3.63, 3.8) is 0 Å². The van der Waals surface area contributed by atoms with Crippen LogP contribution in [-0.2, 0) is 0 Å². The lowest BCUT2D eigenvalue weighted by molar-refractivity contribution is 0.0845. The topological polar surface area (TPSA) is 95.1 Å². The Kier molecular flexibility index (Phi) is 5.08. The number of nitrogens with zero attached hydrogens (tertiary/aromatic N) is 1. The molecule has 128 valence electrons. The molecule has 1 aromatic carbocycles. The van der Waals surface area contributed by atoms with Gasteiger partial charge in [-0.3, -0.25) is 9.59 Å². The van der Waals surface area contributed by atoms with Crippen molar-refractivity contribution in [2.45, 2.75) is 32.9 Å². The van der Waals surface area contributed by atoms with E-state index in [4.69, 9.17) is 0 Å². The molecule has 0 aliphatic rings. The maximum atomic E-state index is 13.2. The molecule has 0 radical (unpaired) electrons. The van der Waals surface area contributed by atoms with Crippen molar-refractivity contribution < 1.29 is 18.7 Å².